The monoisotopic (exact) mass is 684 g/mol. The normalized spacial score (nSPS) is 18.4. The van der Waals surface area contributed by atoms with Gasteiger partial charge in [-0.1, -0.05) is 71.4 Å². The fraction of sp³-hybridized carbons (Fsp3) is 0.316. The quantitative estimate of drug-likeness (QED) is 0.206. The molecule has 6 heterocycles. The van der Waals surface area contributed by atoms with Crippen LogP contribution in [0.25, 0.3) is 23.4 Å². The van der Waals surface area contributed by atoms with E-state index in [1.807, 2.05) is 38.1 Å². The summed E-state index contributed by atoms with van der Waals surface area (Å²) >= 11 is 0. The highest BCUT2D eigenvalue weighted by atomic mass is 19.3. The summed E-state index contributed by atoms with van der Waals surface area (Å²) in [5, 5.41) is 0. The van der Waals surface area contributed by atoms with E-state index in [1.54, 1.807) is 91.8 Å². The number of ketones is 2. The van der Waals surface area contributed by atoms with Crippen LogP contribution < -0.4 is 0 Å². The lowest BCUT2D eigenvalue weighted by Gasteiger charge is -2.30. The highest BCUT2D eigenvalue weighted by Crippen LogP contribution is 2.40. The first-order valence-electron chi connectivity index (χ1n) is 16.8. The Bertz CT molecular complexity index is 2200. The Morgan fingerprint density at radius 1 is 0.700 bits per heavy atom. The predicted molar refractivity (Wildman–Crippen MR) is 194 cm³/mol. The van der Waals surface area contributed by atoms with Crippen molar-refractivity contribution in [2.24, 2.45) is 10.8 Å². The number of benzene rings is 1. The van der Waals surface area contributed by atoms with E-state index in [9.17, 15) is 18.2 Å². The van der Waals surface area contributed by atoms with Gasteiger partial charge >= 0.3 is 13.9 Å². The molecular formula is C38H42B2F4N4O2. The van der Waals surface area contributed by atoms with Gasteiger partial charge in [-0.25, -0.2) is 0 Å². The number of aromatic nitrogens is 2. The maximum Gasteiger partial charge on any atom is 0.737 e. The number of carbonyl (C=O) groups excluding carboxylic acids is 2. The lowest BCUT2D eigenvalue weighted by atomic mass is 9.85. The van der Waals surface area contributed by atoms with Gasteiger partial charge in [0.05, 0.1) is 11.1 Å². The van der Waals surface area contributed by atoms with Crippen molar-refractivity contribution in [3.05, 3.63) is 105 Å². The molecule has 0 radical (unpaired) electrons. The number of halogens is 4. The summed E-state index contributed by atoms with van der Waals surface area (Å²) < 4.78 is 65.2. The summed E-state index contributed by atoms with van der Waals surface area (Å²) in [6.07, 6.45) is 7.65. The second-order valence-corrected chi connectivity index (χ2v) is 15.7. The summed E-state index contributed by atoms with van der Waals surface area (Å²) in [6.45, 7) is 9.90. The molecule has 0 bridgehead atoms. The second kappa shape index (κ2) is 11.4. The van der Waals surface area contributed by atoms with Gasteiger partial charge in [0, 0.05) is 51.7 Å². The van der Waals surface area contributed by atoms with Crippen LogP contribution in [-0.4, -0.2) is 55.9 Å². The second-order valence-electron chi connectivity index (χ2n) is 15.7. The molecule has 12 heteroatoms. The van der Waals surface area contributed by atoms with Crippen molar-refractivity contribution in [3.8, 4) is 11.3 Å². The summed E-state index contributed by atoms with van der Waals surface area (Å²) in [5.41, 5.74) is 5.45. The van der Waals surface area contributed by atoms with Gasteiger partial charge < -0.3 is 35.2 Å². The summed E-state index contributed by atoms with van der Waals surface area (Å²) in [6, 6.07) is 12.7. The zero-order chi connectivity index (χ0) is 36.9. The SMILES string of the molecule is CC1=C(C(=O)C(C)(C)C)C=[N+]2C1=Cc1ccc(-c3ccc(C)cc3)n1[B-]2(F)F.Cc1cc(C)n2c1C=C1C=C(C(=O)C(C)(C)C)C=[N+]1[B-]2(F)F. The molecule has 0 aliphatic carbocycles. The minimum atomic E-state index is -4.11. The van der Waals surface area contributed by atoms with Crippen LogP contribution in [0.15, 0.2) is 76.7 Å². The van der Waals surface area contributed by atoms with E-state index < -0.39 is 24.8 Å². The highest BCUT2D eigenvalue weighted by Gasteiger charge is 2.54. The predicted octanol–water partition coefficient (Wildman–Crippen LogP) is 8.39. The van der Waals surface area contributed by atoms with E-state index in [4.69, 9.17) is 0 Å². The van der Waals surface area contributed by atoms with Crippen molar-refractivity contribution >= 4 is 50.1 Å². The number of rotatable bonds is 3. The van der Waals surface area contributed by atoms with Gasteiger partial charge in [0.25, 0.3) is 0 Å². The fourth-order valence-electron chi connectivity index (χ4n) is 7.00. The number of Topliss-reactive ketones (excluding diaryl/α,β-unsaturated/α-hetero) is 2. The largest absolute Gasteiger partial charge is 0.737 e. The average Bonchev–Trinajstić information content (AvgIpc) is 3.77. The number of hydrogen-bond donors (Lipinski definition) is 0. The molecule has 0 fully saturated rings. The molecular weight excluding hydrogens is 642 g/mol. The van der Waals surface area contributed by atoms with E-state index in [-0.39, 0.29) is 11.6 Å². The minimum Gasteiger partial charge on any atom is -0.394 e. The molecule has 50 heavy (non-hydrogen) atoms. The first-order chi connectivity index (χ1) is 23.0. The first-order valence-corrected chi connectivity index (χ1v) is 16.8. The number of hydrogen-bond acceptors (Lipinski definition) is 2. The summed E-state index contributed by atoms with van der Waals surface area (Å²) in [4.78, 5) is 25.1. The van der Waals surface area contributed by atoms with Crippen molar-refractivity contribution in [3.63, 3.8) is 0 Å². The zero-order valence-corrected chi connectivity index (χ0v) is 30.2. The lowest BCUT2D eigenvalue weighted by Crippen LogP contribution is -2.49. The van der Waals surface area contributed by atoms with Crippen molar-refractivity contribution in [2.75, 3.05) is 0 Å². The molecule has 0 N–H and O–H groups in total. The van der Waals surface area contributed by atoms with Gasteiger partial charge in [-0.05, 0) is 62.7 Å². The van der Waals surface area contributed by atoms with E-state index in [1.165, 1.54) is 12.4 Å². The fourth-order valence-corrected chi connectivity index (χ4v) is 7.00. The minimum absolute atomic E-state index is 0.129. The first kappa shape index (κ1) is 35.1. The number of carbonyl (C=O) groups is 2. The average molecular weight is 684 g/mol. The van der Waals surface area contributed by atoms with E-state index in [2.05, 4.69) is 0 Å². The number of fused-ring (bicyclic) bond motifs is 4. The number of aryl methyl sites for hydroxylation is 3. The molecule has 7 rings (SSSR count). The van der Waals surface area contributed by atoms with Crippen LogP contribution in [-0.2, 0) is 9.59 Å². The highest BCUT2D eigenvalue weighted by molar-refractivity contribution is 6.59. The van der Waals surface area contributed by atoms with Gasteiger partial charge in [-0.2, -0.15) is 0 Å². The summed E-state index contributed by atoms with van der Waals surface area (Å²) in [7, 11) is 0. The zero-order valence-electron chi connectivity index (χ0n) is 30.2. The van der Waals surface area contributed by atoms with Crippen molar-refractivity contribution in [2.45, 2.75) is 69.2 Å². The molecule has 0 saturated carbocycles. The molecule has 0 atom stereocenters. The van der Waals surface area contributed by atoms with Crippen LogP contribution in [0, 0.1) is 31.6 Å². The molecule has 3 aromatic rings. The molecule has 260 valence electrons. The smallest absolute Gasteiger partial charge is 0.394 e. The molecule has 4 aliphatic heterocycles. The molecule has 0 spiro atoms. The number of allylic oxidation sites excluding steroid dienone is 4. The lowest BCUT2D eigenvalue weighted by molar-refractivity contribution is -0.357. The number of nitrogens with zero attached hydrogens (tertiary/aromatic N) is 4. The third-order valence-electron chi connectivity index (χ3n) is 9.71. The molecule has 2 aromatic heterocycles. The Hall–Kier alpha value is -4.73. The van der Waals surface area contributed by atoms with Gasteiger partial charge in [-0.3, -0.25) is 9.59 Å². The molecule has 0 saturated heterocycles. The van der Waals surface area contributed by atoms with Crippen LogP contribution in [0.3, 0.4) is 0 Å². The van der Waals surface area contributed by atoms with Crippen LogP contribution in [0.5, 0.6) is 0 Å². The van der Waals surface area contributed by atoms with Gasteiger partial charge in [0.2, 0.25) is 0 Å². The summed E-state index contributed by atoms with van der Waals surface area (Å²) in [5.74, 6) is -0.261. The third kappa shape index (κ3) is 5.53. The molecule has 0 amide bonds. The molecule has 0 unspecified atom stereocenters. The standard InChI is InChI=1S/C22H23BF2N2O.C16H19BF2N2O/c1-14-6-8-16(9-7-14)19-11-10-17-12-20-15(2)18(21(28)22(3,4)5)13-26(20)23(24,25)27(17)19;1-10-6-11(2)21-14(10)8-13-7-12(15(22)16(3,4)5)9-20(13)17(21,18)19/h6-13H,1-5H3;6-9H,1-5H3. The van der Waals surface area contributed by atoms with Gasteiger partial charge in [-0.15, -0.1) is 0 Å². The van der Waals surface area contributed by atoms with Crippen molar-refractivity contribution < 1.29 is 35.8 Å². The molecule has 1 aromatic carbocycles. The van der Waals surface area contributed by atoms with Crippen molar-refractivity contribution in [1.82, 2.24) is 8.96 Å². The van der Waals surface area contributed by atoms with Crippen LogP contribution in [0.1, 0.15) is 76.7 Å². The Morgan fingerprint density at radius 2 is 1.30 bits per heavy atom. The van der Waals surface area contributed by atoms with E-state index in [0.29, 0.717) is 50.9 Å². The Labute approximate surface area is 290 Å². The molecule has 4 aliphatic rings. The topological polar surface area (TPSA) is 50.0 Å². The van der Waals surface area contributed by atoms with Crippen LogP contribution >= 0.6 is 0 Å². The van der Waals surface area contributed by atoms with Crippen LogP contribution in [0.4, 0.5) is 17.3 Å². The Morgan fingerprint density at radius 3 is 1.90 bits per heavy atom. The Balaban J connectivity index is 0.000000178. The van der Waals surface area contributed by atoms with Crippen molar-refractivity contribution in [1.29, 1.82) is 0 Å². The maximum absolute atomic E-state index is 15.7. The van der Waals surface area contributed by atoms with Gasteiger partial charge in [0.15, 0.2) is 23.0 Å². The van der Waals surface area contributed by atoms with E-state index >= 15 is 8.63 Å². The molecule has 6 nitrogen and oxygen atoms in total. The maximum atomic E-state index is 15.7. The van der Waals surface area contributed by atoms with Gasteiger partial charge in [0.1, 0.15) is 12.4 Å². The van der Waals surface area contributed by atoms with E-state index in [0.717, 1.165) is 34.6 Å². The Kier molecular flexibility index (Phi) is 8.00. The third-order valence-corrected chi connectivity index (χ3v) is 9.71. The van der Waals surface area contributed by atoms with Crippen LogP contribution in [0.2, 0.25) is 0 Å².